The summed E-state index contributed by atoms with van der Waals surface area (Å²) >= 11 is 3.11. The number of hydrogen-bond acceptors (Lipinski definition) is 5. The molecule has 3 aromatic rings. The van der Waals surface area contributed by atoms with E-state index in [1.165, 1.54) is 11.3 Å². The molecule has 0 spiro atoms. The number of carbonyl (C=O) groups excluding carboxylic acids is 2. The van der Waals surface area contributed by atoms with Crippen molar-refractivity contribution in [3.63, 3.8) is 0 Å². The molecule has 1 atom stereocenters. The van der Waals surface area contributed by atoms with Crippen LogP contribution in [0, 0.1) is 0 Å². The van der Waals surface area contributed by atoms with Gasteiger partial charge in [0.05, 0.1) is 11.5 Å². The Balaban J connectivity index is 1.69. The highest BCUT2D eigenvalue weighted by Gasteiger charge is 2.36. The number of fused-ring (bicyclic) bond motifs is 2. The zero-order valence-electron chi connectivity index (χ0n) is 13.7. The molecule has 0 aliphatic carbocycles. The Labute approximate surface area is 153 Å². The average Bonchev–Trinajstić information content (AvgIpc) is 3.22. The second-order valence-corrected chi connectivity index (χ2v) is 7.96. The largest absolute Gasteiger partial charge is 0.464 e. The Morgan fingerprint density at radius 1 is 1.20 bits per heavy atom. The van der Waals surface area contributed by atoms with Crippen molar-refractivity contribution in [2.45, 2.75) is 25.9 Å². The first-order valence-electron chi connectivity index (χ1n) is 8.19. The molecular formula is C19H17NO3S2. The second-order valence-electron chi connectivity index (χ2n) is 5.93. The van der Waals surface area contributed by atoms with Gasteiger partial charge >= 0.3 is 5.97 Å². The number of thiophene rings is 2. The summed E-state index contributed by atoms with van der Waals surface area (Å²) in [4.78, 5) is 27.9. The van der Waals surface area contributed by atoms with Crippen LogP contribution in [-0.4, -0.2) is 29.4 Å². The highest BCUT2D eigenvalue weighted by molar-refractivity contribution is 7.27. The van der Waals surface area contributed by atoms with E-state index >= 15 is 0 Å². The lowest BCUT2D eigenvalue weighted by atomic mass is 9.94. The highest BCUT2D eigenvalue weighted by Crippen LogP contribution is 2.33. The number of ether oxygens (including phenoxy) is 1. The number of rotatable bonds is 3. The zero-order valence-corrected chi connectivity index (χ0v) is 15.4. The minimum absolute atomic E-state index is 0.0963. The maximum absolute atomic E-state index is 13.1. The Bertz CT molecular complexity index is 914. The van der Waals surface area contributed by atoms with E-state index in [2.05, 4.69) is 0 Å². The molecule has 0 N–H and O–H groups in total. The SMILES string of the molecule is CCOC(=O)C1Cc2ccccc2CN1C(=O)c1cc2sccc2s1. The van der Waals surface area contributed by atoms with Gasteiger partial charge in [-0.3, -0.25) is 4.79 Å². The predicted octanol–water partition coefficient (Wildman–Crippen LogP) is 4.09. The highest BCUT2D eigenvalue weighted by atomic mass is 32.1. The van der Waals surface area contributed by atoms with E-state index in [1.54, 1.807) is 23.2 Å². The van der Waals surface area contributed by atoms with Crippen LogP contribution in [0.5, 0.6) is 0 Å². The van der Waals surface area contributed by atoms with Gasteiger partial charge in [-0.2, -0.15) is 0 Å². The molecule has 6 heteroatoms. The van der Waals surface area contributed by atoms with Gasteiger partial charge in [0.15, 0.2) is 0 Å². The summed E-state index contributed by atoms with van der Waals surface area (Å²) in [6.07, 6.45) is 0.500. The van der Waals surface area contributed by atoms with Gasteiger partial charge in [-0.1, -0.05) is 24.3 Å². The molecule has 1 amide bonds. The van der Waals surface area contributed by atoms with E-state index in [0.717, 1.165) is 20.5 Å². The third kappa shape index (κ3) is 2.96. The van der Waals surface area contributed by atoms with Gasteiger partial charge in [-0.05, 0) is 35.6 Å². The van der Waals surface area contributed by atoms with Crippen LogP contribution < -0.4 is 0 Å². The van der Waals surface area contributed by atoms with Crippen molar-refractivity contribution in [3.05, 3.63) is 57.8 Å². The fourth-order valence-corrected chi connectivity index (χ4v) is 5.26. The van der Waals surface area contributed by atoms with E-state index in [1.807, 2.05) is 41.8 Å². The topological polar surface area (TPSA) is 46.6 Å². The number of carbonyl (C=O) groups is 2. The summed E-state index contributed by atoms with van der Waals surface area (Å²) in [7, 11) is 0. The number of benzene rings is 1. The number of nitrogens with zero attached hydrogens (tertiary/aromatic N) is 1. The van der Waals surface area contributed by atoms with Gasteiger partial charge in [-0.25, -0.2) is 4.79 Å². The lowest BCUT2D eigenvalue weighted by Gasteiger charge is -2.35. The van der Waals surface area contributed by atoms with Gasteiger partial charge in [-0.15, -0.1) is 22.7 Å². The second kappa shape index (κ2) is 6.61. The standard InChI is InChI=1S/C19H17NO3S2/c1-2-23-19(22)14-9-12-5-3-4-6-13(12)11-20(14)18(21)17-10-16-15(25-17)7-8-24-16/h3-8,10,14H,2,9,11H2,1H3. The fourth-order valence-electron chi connectivity index (χ4n) is 3.20. The lowest BCUT2D eigenvalue weighted by molar-refractivity contribution is -0.149. The summed E-state index contributed by atoms with van der Waals surface area (Å²) in [5.74, 6) is -0.426. The molecule has 128 valence electrons. The molecule has 0 saturated heterocycles. The maximum atomic E-state index is 13.1. The molecule has 1 aliphatic rings. The predicted molar refractivity (Wildman–Crippen MR) is 100 cm³/mol. The first-order valence-corrected chi connectivity index (χ1v) is 9.88. The summed E-state index contributed by atoms with van der Waals surface area (Å²) in [6, 6.07) is 11.3. The van der Waals surface area contributed by atoms with Crippen LogP contribution in [0.3, 0.4) is 0 Å². The van der Waals surface area contributed by atoms with Crippen LogP contribution in [0.15, 0.2) is 41.8 Å². The van der Waals surface area contributed by atoms with Crippen LogP contribution in [0.1, 0.15) is 27.7 Å². The molecule has 2 aromatic heterocycles. The van der Waals surface area contributed by atoms with Crippen molar-refractivity contribution < 1.29 is 14.3 Å². The molecular weight excluding hydrogens is 354 g/mol. The van der Waals surface area contributed by atoms with Crippen LogP contribution in [0.2, 0.25) is 0 Å². The van der Waals surface area contributed by atoms with Crippen molar-refractivity contribution in [1.29, 1.82) is 0 Å². The fraction of sp³-hybridized carbons (Fsp3) is 0.263. The molecule has 3 heterocycles. The summed E-state index contributed by atoms with van der Waals surface area (Å²) in [5, 5.41) is 2.02. The third-order valence-corrected chi connectivity index (χ3v) is 6.50. The summed E-state index contributed by atoms with van der Waals surface area (Å²) < 4.78 is 7.45. The Hall–Kier alpha value is -2.18. The molecule has 1 unspecified atom stereocenters. The minimum Gasteiger partial charge on any atom is -0.464 e. The molecule has 4 rings (SSSR count). The van der Waals surface area contributed by atoms with Crippen molar-refractivity contribution in [2.24, 2.45) is 0 Å². The molecule has 4 nitrogen and oxygen atoms in total. The van der Waals surface area contributed by atoms with E-state index in [-0.39, 0.29) is 11.9 Å². The van der Waals surface area contributed by atoms with E-state index in [9.17, 15) is 9.59 Å². The quantitative estimate of drug-likeness (QED) is 0.652. The minimum atomic E-state index is -0.567. The van der Waals surface area contributed by atoms with Crippen molar-refractivity contribution in [3.8, 4) is 0 Å². The summed E-state index contributed by atoms with van der Waals surface area (Å²) in [5.41, 5.74) is 2.20. The molecule has 0 fully saturated rings. The van der Waals surface area contributed by atoms with Crippen molar-refractivity contribution in [2.75, 3.05) is 6.61 Å². The number of hydrogen-bond donors (Lipinski definition) is 0. The normalized spacial score (nSPS) is 16.7. The molecule has 1 aliphatic heterocycles. The smallest absolute Gasteiger partial charge is 0.329 e. The zero-order chi connectivity index (χ0) is 17.4. The van der Waals surface area contributed by atoms with Gasteiger partial charge in [0.25, 0.3) is 5.91 Å². The first-order chi connectivity index (χ1) is 12.2. The molecule has 0 bridgehead atoms. The summed E-state index contributed by atoms with van der Waals surface area (Å²) in [6.45, 7) is 2.53. The first kappa shape index (κ1) is 16.3. The van der Waals surface area contributed by atoms with Crippen LogP contribution in [-0.2, 0) is 22.5 Å². The molecule has 0 radical (unpaired) electrons. The monoisotopic (exact) mass is 371 g/mol. The van der Waals surface area contributed by atoms with Crippen LogP contribution >= 0.6 is 22.7 Å². The van der Waals surface area contributed by atoms with Gasteiger partial charge in [0, 0.05) is 22.4 Å². The third-order valence-electron chi connectivity index (χ3n) is 4.42. The van der Waals surface area contributed by atoms with Crippen LogP contribution in [0.4, 0.5) is 0 Å². The van der Waals surface area contributed by atoms with E-state index < -0.39 is 6.04 Å². The van der Waals surface area contributed by atoms with Crippen molar-refractivity contribution >= 4 is 43.9 Å². The lowest BCUT2D eigenvalue weighted by Crippen LogP contribution is -2.49. The van der Waals surface area contributed by atoms with Crippen LogP contribution in [0.25, 0.3) is 9.40 Å². The van der Waals surface area contributed by atoms with Gasteiger partial charge < -0.3 is 9.64 Å². The number of amides is 1. The maximum Gasteiger partial charge on any atom is 0.329 e. The Kier molecular flexibility index (Phi) is 4.31. The van der Waals surface area contributed by atoms with Gasteiger partial charge in [0.1, 0.15) is 6.04 Å². The Morgan fingerprint density at radius 2 is 2.00 bits per heavy atom. The average molecular weight is 371 g/mol. The van der Waals surface area contributed by atoms with Crippen molar-refractivity contribution in [1.82, 2.24) is 4.90 Å². The number of esters is 1. The van der Waals surface area contributed by atoms with E-state index in [4.69, 9.17) is 4.74 Å². The Morgan fingerprint density at radius 3 is 2.76 bits per heavy atom. The molecule has 1 aromatic carbocycles. The van der Waals surface area contributed by atoms with E-state index in [0.29, 0.717) is 24.4 Å². The molecule has 0 saturated carbocycles. The molecule has 25 heavy (non-hydrogen) atoms. The van der Waals surface area contributed by atoms with Gasteiger partial charge in [0.2, 0.25) is 0 Å².